The van der Waals surface area contributed by atoms with E-state index in [2.05, 4.69) is 18.6 Å². The number of hydrogen-bond donors (Lipinski definition) is 1. The number of methoxy groups -OCH3 is 2. The van der Waals surface area contributed by atoms with Crippen LogP contribution >= 0.6 is 0 Å². The van der Waals surface area contributed by atoms with Crippen LogP contribution in [-0.4, -0.2) is 22.6 Å². The lowest BCUT2D eigenvalue weighted by Gasteiger charge is -2.12. The monoisotopic (exact) mass is 335 g/mol. The Morgan fingerprint density at radius 3 is 1.87 bits per heavy atom. The first-order valence-electron chi connectivity index (χ1n) is 7.21. The maximum atomic E-state index is 12.5. The zero-order valence-corrected chi connectivity index (χ0v) is 14.5. The highest BCUT2D eigenvalue weighted by Crippen LogP contribution is 2.27. The van der Waals surface area contributed by atoms with Crippen molar-refractivity contribution in [3.63, 3.8) is 0 Å². The summed E-state index contributed by atoms with van der Waals surface area (Å²) in [4.78, 5) is 0.212. The highest BCUT2D eigenvalue weighted by molar-refractivity contribution is 7.92. The fraction of sp³-hybridized carbons (Fsp3) is 0.294. The standard InChI is InChI=1S/C17H21NO4S/c1-12(2)13-5-7-17(8-6-13)23(19,20)18-14-9-15(21-3)11-16(10-14)22-4/h5-12,18H,1-4H3. The van der Waals surface area contributed by atoms with Crippen LogP contribution in [0.5, 0.6) is 11.5 Å². The van der Waals surface area contributed by atoms with Crippen LogP contribution in [0.25, 0.3) is 0 Å². The third-order valence-corrected chi connectivity index (χ3v) is 4.86. The molecule has 0 atom stereocenters. The fourth-order valence-electron chi connectivity index (χ4n) is 2.11. The van der Waals surface area contributed by atoms with E-state index in [1.54, 1.807) is 30.3 Å². The molecule has 0 bridgehead atoms. The van der Waals surface area contributed by atoms with Crippen LogP contribution in [0.4, 0.5) is 5.69 Å². The maximum absolute atomic E-state index is 12.5. The molecule has 0 spiro atoms. The number of nitrogens with one attached hydrogen (secondary N) is 1. The number of rotatable bonds is 6. The van der Waals surface area contributed by atoms with E-state index in [1.807, 2.05) is 12.1 Å². The summed E-state index contributed by atoms with van der Waals surface area (Å²) in [6.45, 7) is 4.12. The summed E-state index contributed by atoms with van der Waals surface area (Å²) in [5, 5.41) is 0. The summed E-state index contributed by atoms with van der Waals surface area (Å²) in [6.07, 6.45) is 0. The van der Waals surface area contributed by atoms with Gasteiger partial charge < -0.3 is 9.47 Å². The third-order valence-electron chi connectivity index (χ3n) is 3.46. The predicted octanol–water partition coefficient (Wildman–Crippen LogP) is 3.63. The quantitative estimate of drug-likeness (QED) is 0.875. The molecule has 0 aliphatic rings. The summed E-state index contributed by atoms with van der Waals surface area (Å²) in [5.74, 6) is 1.37. The van der Waals surface area contributed by atoms with Crippen molar-refractivity contribution >= 4 is 15.7 Å². The van der Waals surface area contributed by atoms with Gasteiger partial charge in [0.15, 0.2) is 0 Å². The molecule has 2 aromatic carbocycles. The van der Waals surface area contributed by atoms with Crippen molar-refractivity contribution in [2.24, 2.45) is 0 Å². The number of sulfonamides is 1. The van der Waals surface area contributed by atoms with Gasteiger partial charge in [-0.1, -0.05) is 26.0 Å². The average molecular weight is 335 g/mol. The lowest BCUT2D eigenvalue weighted by molar-refractivity contribution is 0.395. The third kappa shape index (κ3) is 4.16. The van der Waals surface area contributed by atoms with Crippen LogP contribution in [0.3, 0.4) is 0 Å². The van der Waals surface area contributed by atoms with E-state index >= 15 is 0 Å². The molecule has 2 aromatic rings. The van der Waals surface area contributed by atoms with Crippen molar-refractivity contribution in [3.8, 4) is 11.5 Å². The Morgan fingerprint density at radius 1 is 0.913 bits per heavy atom. The molecule has 124 valence electrons. The van der Waals surface area contributed by atoms with Crippen LogP contribution < -0.4 is 14.2 Å². The Kier molecular flexibility index (Phi) is 5.15. The average Bonchev–Trinajstić information content (AvgIpc) is 2.54. The molecule has 0 unspecified atom stereocenters. The van der Waals surface area contributed by atoms with Gasteiger partial charge in [0.1, 0.15) is 11.5 Å². The highest BCUT2D eigenvalue weighted by Gasteiger charge is 2.15. The zero-order chi connectivity index (χ0) is 17.0. The molecular weight excluding hydrogens is 314 g/mol. The predicted molar refractivity (Wildman–Crippen MR) is 90.9 cm³/mol. The molecule has 0 saturated heterocycles. The zero-order valence-electron chi connectivity index (χ0n) is 13.7. The van der Waals surface area contributed by atoms with Crippen molar-refractivity contribution in [2.75, 3.05) is 18.9 Å². The lowest BCUT2D eigenvalue weighted by atomic mass is 10.0. The largest absolute Gasteiger partial charge is 0.497 e. The fourth-order valence-corrected chi connectivity index (χ4v) is 3.15. The second-order valence-electron chi connectivity index (χ2n) is 5.43. The minimum atomic E-state index is -3.67. The molecule has 0 heterocycles. The maximum Gasteiger partial charge on any atom is 0.261 e. The number of ether oxygens (including phenoxy) is 2. The van der Waals surface area contributed by atoms with E-state index in [0.29, 0.717) is 23.1 Å². The minimum Gasteiger partial charge on any atom is -0.497 e. The number of hydrogen-bond acceptors (Lipinski definition) is 4. The second kappa shape index (κ2) is 6.91. The molecule has 0 saturated carbocycles. The summed E-state index contributed by atoms with van der Waals surface area (Å²) in [5.41, 5.74) is 1.47. The Bertz CT molecular complexity index is 745. The Hall–Kier alpha value is -2.21. The molecule has 0 fully saturated rings. The van der Waals surface area contributed by atoms with E-state index in [9.17, 15) is 8.42 Å². The van der Waals surface area contributed by atoms with Crippen LogP contribution in [0.15, 0.2) is 47.4 Å². The van der Waals surface area contributed by atoms with Crippen molar-refractivity contribution in [2.45, 2.75) is 24.7 Å². The Morgan fingerprint density at radius 2 is 1.43 bits per heavy atom. The van der Waals surface area contributed by atoms with Crippen LogP contribution in [0.1, 0.15) is 25.3 Å². The van der Waals surface area contributed by atoms with Crippen molar-refractivity contribution in [1.82, 2.24) is 0 Å². The van der Waals surface area contributed by atoms with Crippen LogP contribution in [-0.2, 0) is 10.0 Å². The lowest BCUT2D eigenvalue weighted by Crippen LogP contribution is -2.13. The molecule has 0 aliphatic heterocycles. The second-order valence-corrected chi connectivity index (χ2v) is 7.11. The highest BCUT2D eigenvalue weighted by atomic mass is 32.2. The molecule has 6 heteroatoms. The van der Waals surface area contributed by atoms with E-state index in [0.717, 1.165) is 5.56 Å². The normalized spacial score (nSPS) is 11.3. The summed E-state index contributed by atoms with van der Waals surface area (Å²) in [7, 11) is -0.644. The first kappa shape index (κ1) is 17.1. The van der Waals surface area contributed by atoms with Gasteiger partial charge in [0, 0.05) is 18.2 Å². The molecular formula is C17H21NO4S. The molecule has 0 radical (unpaired) electrons. The summed E-state index contributed by atoms with van der Waals surface area (Å²) < 4.78 is 37.8. The molecule has 1 N–H and O–H groups in total. The minimum absolute atomic E-state index is 0.212. The first-order valence-corrected chi connectivity index (χ1v) is 8.70. The van der Waals surface area contributed by atoms with Gasteiger partial charge in [0.05, 0.1) is 24.8 Å². The molecule has 0 aromatic heterocycles. The van der Waals surface area contributed by atoms with Gasteiger partial charge in [-0.05, 0) is 23.6 Å². The van der Waals surface area contributed by atoms with Gasteiger partial charge in [-0.3, -0.25) is 4.72 Å². The van der Waals surface area contributed by atoms with E-state index in [4.69, 9.17) is 9.47 Å². The van der Waals surface area contributed by atoms with E-state index in [-0.39, 0.29) is 4.90 Å². The van der Waals surface area contributed by atoms with Crippen molar-refractivity contribution in [3.05, 3.63) is 48.0 Å². The molecule has 2 rings (SSSR count). The van der Waals surface area contributed by atoms with Gasteiger partial charge in [-0.15, -0.1) is 0 Å². The summed E-state index contributed by atoms with van der Waals surface area (Å²) >= 11 is 0. The topological polar surface area (TPSA) is 64.6 Å². The summed E-state index contributed by atoms with van der Waals surface area (Å²) in [6, 6.07) is 11.7. The van der Waals surface area contributed by atoms with Gasteiger partial charge in [-0.2, -0.15) is 0 Å². The van der Waals surface area contributed by atoms with Crippen molar-refractivity contribution < 1.29 is 17.9 Å². The molecule has 0 amide bonds. The van der Waals surface area contributed by atoms with Gasteiger partial charge >= 0.3 is 0 Å². The number of benzene rings is 2. The van der Waals surface area contributed by atoms with E-state index < -0.39 is 10.0 Å². The van der Waals surface area contributed by atoms with E-state index in [1.165, 1.54) is 14.2 Å². The molecule has 23 heavy (non-hydrogen) atoms. The van der Waals surface area contributed by atoms with Gasteiger partial charge in [0.25, 0.3) is 10.0 Å². The Labute approximate surface area is 137 Å². The van der Waals surface area contributed by atoms with Gasteiger partial charge in [0.2, 0.25) is 0 Å². The van der Waals surface area contributed by atoms with Crippen LogP contribution in [0.2, 0.25) is 0 Å². The molecule has 5 nitrogen and oxygen atoms in total. The van der Waals surface area contributed by atoms with Crippen LogP contribution in [0, 0.1) is 0 Å². The smallest absolute Gasteiger partial charge is 0.261 e. The first-order chi connectivity index (χ1) is 10.9. The van der Waals surface area contributed by atoms with Gasteiger partial charge in [-0.25, -0.2) is 8.42 Å². The SMILES string of the molecule is COc1cc(NS(=O)(=O)c2ccc(C(C)C)cc2)cc(OC)c1. The Balaban J connectivity index is 2.30. The molecule has 0 aliphatic carbocycles. The number of anilines is 1. The van der Waals surface area contributed by atoms with Crippen molar-refractivity contribution in [1.29, 1.82) is 0 Å².